The Hall–Kier alpha value is -2.67. The molecule has 3 aromatic rings. The normalized spacial score (nSPS) is 11.0. The van der Waals surface area contributed by atoms with Crippen LogP contribution in [0.4, 0.5) is 0 Å². The largest absolute Gasteiger partial charge is 0.335 e. The van der Waals surface area contributed by atoms with Crippen LogP contribution >= 0.6 is 11.8 Å². The van der Waals surface area contributed by atoms with Gasteiger partial charge in [-0.3, -0.25) is 4.79 Å². The van der Waals surface area contributed by atoms with E-state index in [4.69, 9.17) is 4.98 Å². The van der Waals surface area contributed by atoms with Gasteiger partial charge in [0.1, 0.15) is 5.52 Å². The molecule has 3 rings (SSSR count). The Morgan fingerprint density at radius 2 is 1.96 bits per heavy atom. The summed E-state index contributed by atoms with van der Waals surface area (Å²) in [6.45, 7) is 11.4. The molecule has 27 heavy (non-hydrogen) atoms. The van der Waals surface area contributed by atoms with Crippen LogP contribution in [0.5, 0.6) is 0 Å². The molecular weight excluding hydrogens is 358 g/mol. The highest BCUT2D eigenvalue weighted by Gasteiger charge is 2.16. The van der Waals surface area contributed by atoms with Crippen LogP contribution in [0.15, 0.2) is 54.7 Å². The number of hydrogen-bond donors (Lipinski definition) is 0. The number of nitrogens with zero attached hydrogens (tertiary/aromatic N) is 5. The fraction of sp³-hybridized carbons (Fsp3) is 0.300. The summed E-state index contributed by atoms with van der Waals surface area (Å²) in [4.78, 5) is 18.8. The summed E-state index contributed by atoms with van der Waals surface area (Å²) in [6, 6.07) is 8.13. The first kappa shape index (κ1) is 19.1. The maximum absolute atomic E-state index is 12.4. The molecule has 0 aliphatic carbocycles. The Morgan fingerprint density at radius 1 is 1.22 bits per heavy atom. The molecule has 7 heteroatoms. The van der Waals surface area contributed by atoms with Crippen LogP contribution in [0.25, 0.3) is 22.1 Å². The summed E-state index contributed by atoms with van der Waals surface area (Å²) in [7, 11) is 0. The van der Waals surface area contributed by atoms with Crippen LogP contribution in [0.2, 0.25) is 0 Å². The summed E-state index contributed by atoms with van der Waals surface area (Å²) in [5, 5.41) is 10.2. The number of hydrogen-bond acceptors (Lipinski definition) is 5. The molecule has 1 amide bonds. The Bertz CT molecular complexity index is 971. The quantitative estimate of drug-likeness (QED) is 0.418. The molecule has 0 aliphatic rings. The van der Waals surface area contributed by atoms with Gasteiger partial charge in [0.05, 0.1) is 11.3 Å². The predicted octanol–water partition coefficient (Wildman–Crippen LogP) is 3.68. The fourth-order valence-corrected chi connectivity index (χ4v) is 3.69. The number of fused-ring (bicyclic) bond motifs is 3. The monoisotopic (exact) mass is 381 g/mol. The first-order chi connectivity index (χ1) is 13.2. The Kier molecular flexibility index (Phi) is 6.24. The van der Waals surface area contributed by atoms with Crippen molar-refractivity contribution in [3.05, 3.63) is 49.6 Å². The van der Waals surface area contributed by atoms with Crippen LogP contribution < -0.4 is 0 Å². The average Bonchev–Trinajstić information content (AvgIpc) is 3.00. The van der Waals surface area contributed by atoms with Gasteiger partial charge < -0.3 is 9.47 Å². The van der Waals surface area contributed by atoms with E-state index >= 15 is 0 Å². The summed E-state index contributed by atoms with van der Waals surface area (Å²) < 4.78 is 2.17. The van der Waals surface area contributed by atoms with Gasteiger partial charge in [-0.15, -0.1) is 23.4 Å². The fourth-order valence-electron chi connectivity index (χ4n) is 3.01. The zero-order chi connectivity index (χ0) is 19.2. The van der Waals surface area contributed by atoms with Gasteiger partial charge in [-0.1, -0.05) is 49.0 Å². The van der Waals surface area contributed by atoms with Gasteiger partial charge in [0.15, 0.2) is 5.65 Å². The lowest BCUT2D eigenvalue weighted by Gasteiger charge is -2.18. The second kappa shape index (κ2) is 8.81. The number of para-hydroxylation sites is 1. The average molecular weight is 382 g/mol. The molecule has 0 spiro atoms. The molecule has 6 nitrogen and oxygen atoms in total. The van der Waals surface area contributed by atoms with Gasteiger partial charge >= 0.3 is 0 Å². The van der Waals surface area contributed by atoms with Gasteiger partial charge in [0.25, 0.3) is 0 Å². The molecule has 0 fully saturated rings. The number of aromatic nitrogens is 4. The van der Waals surface area contributed by atoms with E-state index in [0.717, 1.165) is 35.0 Å². The highest BCUT2D eigenvalue weighted by molar-refractivity contribution is 7.99. The first-order valence-corrected chi connectivity index (χ1v) is 9.92. The Labute approximate surface area is 163 Å². The third-order valence-electron chi connectivity index (χ3n) is 4.18. The zero-order valence-electron chi connectivity index (χ0n) is 15.5. The smallest absolute Gasteiger partial charge is 0.233 e. The van der Waals surface area contributed by atoms with Crippen molar-refractivity contribution in [1.82, 2.24) is 24.6 Å². The highest BCUT2D eigenvalue weighted by atomic mass is 32.2. The Morgan fingerprint density at radius 3 is 2.67 bits per heavy atom. The molecule has 0 atom stereocenters. The maximum atomic E-state index is 12.4. The van der Waals surface area contributed by atoms with Gasteiger partial charge in [-0.05, 0) is 12.5 Å². The zero-order valence-corrected chi connectivity index (χ0v) is 16.3. The van der Waals surface area contributed by atoms with Crippen LogP contribution in [-0.4, -0.2) is 49.4 Å². The summed E-state index contributed by atoms with van der Waals surface area (Å²) in [5.74, 6) is 0.251. The lowest BCUT2D eigenvalue weighted by atomic mass is 10.2. The second-order valence-corrected chi connectivity index (χ2v) is 7.04. The van der Waals surface area contributed by atoms with E-state index < -0.39 is 0 Å². The summed E-state index contributed by atoms with van der Waals surface area (Å²) in [6.07, 6.45) is 4.41. The van der Waals surface area contributed by atoms with E-state index in [1.54, 1.807) is 17.1 Å². The summed E-state index contributed by atoms with van der Waals surface area (Å²) in [5.41, 5.74) is 2.73. The minimum absolute atomic E-state index is 0.00222. The van der Waals surface area contributed by atoms with Crippen molar-refractivity contribution < 1.29 is 4.79 Å². The summed E-state index contributed by atoms with van der Waals surface area (Å²) >= 11 is 1.30. The first-order valence-electron chi connectivity index (χ1n) is 8.93. The van der Waals surface area contributed by atoms with Crippen LogP contribution in [0.1, 0.15) is 13.3 Å². The molecule has 1 aromatic carbocycles. The molecule has 140 valence electrons. The number of benzene rings is 1. The number of rotatable bonds is 9. The molecule has 0 unspecified atom stereocenters. The SMILES string of the molecule is C=CCN(CC=C)C(=O)CSc1nnc2c3ccccc3n(CCC)c2n1. The minimum Gasteiger partial charge on any atom is -0.335 e. The third-order valence-corrected chi connectivity index (χ3v) is 5.00. The number of carbonyl (C=O) groups is 1. The van der Waals surface area contributed by atoms with Crippen molar-refractivity contribution in [2.24, 2.45) is 0 Å². The van der Waals surface area contributed by atoms with Gasteiger partial charge in [0.2, 0.25) is 11.1 Å². The minimum atomic E-state index is -0.00222. The lowest BCUT2D eigenvalue weighted by molar-refractivity contribution is -0.127. The van der Waals surface area contributed by atoms with Crippen LogP contribution in [0.3, 0.4) is 0 Å². The van der Waals surface area contributed by atoms with Crippen molar-refractivity contribution in [2.45, 2.75) is 25.0 Å². The van der Waals surface area contributed by atoms with E-state index in [2.05, 4.69) is 40.9 Å². The van der Waals surface area contributed by atoms with Gasteiger partial charge in [0, 0.05) is 25.0 Å². The van der Waals surface area contributed by atoms with Gasteiger partial charge in [-0.2, -0.15) is 0 Å². The topological polar surface area (TPSA) is 63.9 Å². The van der Waals surface area contributed by atoms with E-state index in [1.807, 2.05) is 18.2 Å². The predicted molar refractivity (Wildman–Crippen MR) is 111 cm³/mol. The maximum Gasteiger partial charge on any atom is 0.233 e. The molecule has 0 aliphatic heterocycles. The molecule has 2 heterocycles. The highest BCUT2D eigenvalue weighted by Crippen LogP contribution is 2.27. The van der Waals surface area contributed by atoms with E-state index in [1.165, 1.54) is 11.8 Å². The van der Waals surface area contributed by atoms with Crippen LogP contribution in [-0.2, 0) is 11.3 Å². The number of aryl methyl sites for hydroxylation is 1. The number of thioether (sulfide) groups is 1. The molecule has 0 radical (unpaired) electrons. The van der Waals surface area contributed by atoms with Gasteiger partial charge in [-0.25, -0.2) is 4.98 Å². The van der Waals surface area contributed by atoms with E-state index in [9.17, 15) is 4.79 Å². The molecule has 0 bridgehead atoms. The molecule has 0 N–H and O–H groups in total. The van der Waals surface area contributed by atoms with Crippen molar-refractivity contribution in [3.63, 3.8) is 0 Å². The molecule has 0 saturated heterocycles. The second-order valence-electron chi connectivity index (χ2n) is 6.10. The lowest BCUT2D eigenvalue weighted by Crippen LogP contribution is -2.32. The molecule has 2 aromatic heterocycles. The third kappa shape index (κ3) is 4.03. The molecule has 0 saturated carbocycles. The number of amides is 1. The van der Waals surface area contributed by atoms with Crippen LogP contribution in [0, 0.1) is 0 Å². The molecular formula is C20H23N5OS. The van der Waals surface area contributed by atoms with E-state index in [0.29, 0.717) is 18.2 Å². The van der Waals surface area contributed by atoms with Crippen molar-refractivity contribution in [3.8, 4) is 0 Å². The van der Waals surface area contributed by atoms with Crippen molar-refractivity contribution >= 4 is 39.7 Å². The van der Waals surface area contributed by atoms with E-state index in [-0.39, 0.29) is 11.7 Å². The number of carbonyl (C=O) groups excluding carboxylic acids is 1. The Balaban J connectivity index is 1.87. The standard InChI is InChI=1S/C20H23N5OS/c1-4-11-24(12-5-2)17(26)14-27-20-21-19-18(22-23-20)15-9-7-8-10-16(15)25(19)13-6-3/h4-5,7-10H,1-2,6,11-14H2,3H3. The van der Waals surface area contributed by atoms with Crippen molar-refractivity contribution in [1.29, 1.82) is 0 Å². The van der Waals surface area contributed by atoms with Crippen molar-refractivity contribution in [2.75, 3.05) is 18.8 Å².